The van der Waals surface area contributed by atoms with Gasteiger partial charge >= 0.3 is 6.03 Å². The SMILES string of the molecule is COc1ccc(CN2C(=O)NC(CC(=O)Nc3nc(-c4cccnc4)cs3)C2=O)cc1. The Morgan fingerprint density at radius 2 is 2.06 bits per heavy atom. The maximum absolute atomic E-state index is 12.6. The number of rotatable bonds is 7. The van der Waals surface area contributed by atoms with Crippen molar-refractivity contribution in [3.05, 3.63) is 59.7 Å². The summed E-state index contributed by atoms with van der Waals surface area (Å²) in [6, 6.07) is 9.31. The highest BCUT2D eigenvalue weighted by Crippen LogP contribution is 2.24. The Morgan fingerprint density at radius 3 is 2.77 bits per heavy atom. The number of anilines is 1. The highest BCUT2D eigenvalue weighted by molar-refractivity contribution is 7.14. The van der Waals surface area contributed by atoms with Crippen LogP contribution in [0.2, 0.25) is 0 Å². The second kappa shape index (κ2) is 8.92. The van der Waals surface area contributed by atoms with Gasteiger partial charge in [-0.05, 0) is 29.8 Å². The number of hydrogen-bond acceptors (Lipinski definition) is 7. The van der Waals surface area contributed by atoms with E-state index in [1.807, 2.05) is 11.4 Å². The molecule has 1 saturated heterocycles. The number of carbonyl (C=O) groups is 3. The fourth-order valence-corrected chi connectivity index (χ4v) is 3.85. The minimum atomic E-state index is -0.913. The molecule has 0 aliphatic carbocycles. The number of nitrogens with one attached hydrogen (secondary N) is 2. The molecule has 4 amide bonds. The van der Waals surface area contributed by atoms with E-state index in [4.69, 9.17) is 4.74 Å². The van der Waals surface area contributed by atoms with Gasteiger partial charge in [-0.2, -0.15) is 0 Å². The largest absolute Gasteiger partial charge is 0.497 e. The Labute approximate surface area is 182 Å². The third-order valence-corrected chi connectivity index (χ3v) is 5.46. The lowest BCUT2D eigenvalue weighted by molar-refractivity contribution is -0.130. The van der Waals surface area contributed by atoms with Crippen molar-refractivity contribution in [2.24, 2.45) is 0 Å². The predicted molar refractivity (Wildman–Crippen MR) is 114 cm³/mol. The van der Waals surface area contributed by atoms with E-state index in [-0.39, 0.29) is 13.0 Å². The molecular formula is C21H19N5O4S. The van der Waals surface area contributed by atoms with Crippen LogP contribution >= 0.6 is 11.3 Å². The molecule has 3 heterocycles. The summed E-state index contributed by atoms with van der Waals surface area (Å²) in [5, 5.41) is 7.48. The number of amides is 4. The first-order valence-electron chi connectivity index (χ1n) is 9.44. The molecule has 2 aromatic heterocycles. The van der Waals surface area contributed by atoms with Crippen molar-refractivity contribution in [3.63, 3.8) is 0 Å². The molecular weight excluding hydrogens is 418 g/mol. The van der Waals surface area contributed by atoms with Gasteiger partial charge in [-0.25, -0.2) is 9.78 Å². The van der Waals surface area contributed by atoms with Crippen molar-refractivity contribution in [1.82, 2.24) is 20.2 Å². The van der Waals surface area contributed by atoms with Gasteiger partial charge in [-0.3, -0.25) is 19.5 Å². The molecule has 31 heavy (non-hydrogen) atoms. The second-order valence-corrected chi connectivity index (χ2v) is 7.66. The molecule has 1 aliphatic rings. The minimum Gasteiger partial charge on any atom is -0.497 e. The van der Waals surface area contributed by atoms with E-state index in [1.165, 1.54) is 11.3 Å². The fraction of sp³-hybridized carbons (Fsp3) is 0.190. The number of imide groups is 1. The predicted octanol–water partition coefficient (Wildman–Crippen LogP) is 2.66. The number of hydrogen-bond donors (Lipinski definition) is 2. The number of carbonyl (C=O) groups excluding carboxylic acids is 3. The van der Waals surface area contributed by atoms with Crippen molar-refractivity contribution in [3.8, 4) is 17.0 Å². The maximum Gasteiger partial charge on any atom is 0.325 e. The van der Waals surface area contributed by atoms with Crippen LogP contribution in [0, 0.1) is 0 Å². The Balaban J connectivity index is 1.35. The van der Waals surface area contributed by atoms with Gasteiger partial charge in [0.1, 0.15) is 11.8 Å². The zero-order chi connectivity index (χ0) is 21.8. The van der Waals surface area contributed by atoms with Gasteiger partial charge in [-0.15, -0.1) is 11.3 Å². The number of methoxy groups -OCH3 is 1. The van der Waals surface area contributed by atoms with Crippen molar-refractivity contribution in [1.29, 1.82) is 0 Å². The number of benzene rings is 1. The van der Waals surface area contributed by atoms with Crippen LogP contribution in [0.5, 0.6) is 5.75 Å². The van der Waals surface area contributed by atoms with Crippen LogP contribution in [-0.2, 0) is 16.1 Å². The average Bonchev–Trinajstić information content (AvgIpc) is 3.35. The van der Waals surface area contributed by atoms with E-state index >= 15 is 0 Å². The quantitative estimate of drug-likeness (QED) is 0.550. The lowest BCUT2D eigenvalue weighted by Crippen LogP contribution is -2.34. The van der Waals surface area contributed by atoms with Crippen LogP contribution < -0.4 is 15.4 Å². The normalized spacial score (nSPS) is 15.6. The highest BCUT2D eigenvalue weighted by Gasteiger charge is 2.39. The summed E-state index contributed by atoms with van der Waals surface area (Å²) in [6.07, 6.45) is 3.18. The molecule has 1 unspecified atom stereocenters. The van der Waals surface area contributed by atoms with Crippen LogP contribution in [0.4, 0.5) is 9.93 Å². The second-order valence-electron chi connectivity index (χ2n) is 6.81. The van der Waals surface area contributed by atoms with E-state index in [1.54, 1.807) is 49.8 Å². The van der Waals surface area contributed by atoms with Crippen LogP contribution in [0.1, 0.15) is 12.0 Å². The molecule has 0 radical (unpaired) electrons. The summed E-state index contributed by atoms with van der Waals surface area (Å²) in [7, 11) is 1.56. The van der Waals surface area contributed by atoms with Gasteiger partial charge in [0.2, 0.25) is 5.91 Å². The molecule has 10 heteroatoms. The molecule has 0 bridgehead atoms. The average molecular weight is 437 g/mol. The molecule has 0 saturated carbocycles. The fourth-order valence-electron chi connectivity index (χ4n) is 3.11. The third kappa shape index (κ3) is 4.69. The summed E-state index contributed by atoms with van der Waals surface area (Å²) in [5.41, 5.74) is 2.32. The first-order chi connectivity index (χ1) is 15.0. The van der Waals surface area contributed by atoms with E-state index < -0.39 is 23.9 Å². The molecule has 158 valence electrons. The maximum atomic E-state index is 12.6. The molecule has 4 rings (SSSR count). The summed E-state index contributed by atoms with van der Waals surface area (Å²) in [6.45, 7) is 0.119. The van der Waals surface area contributed by atoms with Gasteiger partial charge in [0.15, 0.2) is 5.13 Å². The summed E-state index contributed by atoms with van der Waals surface area (Å²) in [5.74, 6) is -0.160. The van der Waals surface area contributed by atoms with Crippen LogP contribution in [0.3, 0.4) is 0 Å². The van der Waals surface area contributed by atoms with Crippen LogP contribution in [0.15, 0.2) is 54.2 Å². The number of nitrogens with zero attached hydrogens (tertiary/aromatic N) is 3. The molecule has 1 aliphatic heterocycles. The zero-order valence-electron chi connectivity index (χ0n) is 16.6. The van der Waals surface area contributed by atoms with Crippen LogP contribution in [0.25, 0.3) is 11.3 Å². The van der Waals surface area contributed by atoms with Gasteiger partial charge < -0.3 is 15.4 Å². The molecule has 9 nitrogen and oxygen atoms in total. The van der Waals surface area contributed by atoms with Crippen LogP contribution in [-0.4, -0.2) is 45.9 Å². The summed E-state index contributed by atoms with van der Waals surface area (Å²) < 4.78 is 5.11. The zero-order valence-corrected chi connectivity index (χ0v) is 17.4. The molecule has 1 atom stereocenters. The molecule has 0 spiro atoms. The Bertz CT molecular complexity index is 1100. The van der Waals surface area contributed by atoms with E-state index in [9.17, 15) is 14.4 Å². The van der Waals surface area contributed by atoms with Gasteiger partial charge in [0.05, 0.1) is 25.8 Å². The van der Waals surface area contributed by atoms with Crippen molar-refractivity contribution >= 4 is 34.3 Å². The van der Waals surface area contributed by atoms with Gasteiger partial charge in [0, 0.05) is 23.3 Å². The monoisotopic (exact) mass is 437 g/mol. The van der Waals surface area contributed by atoms with E-state index in [0.29, 0.717) is 16.6 Å². The Kier molecular flexibility index (Phi) is 5.89. The highest BCUT2D eigenvalue weighted by atomic mass is 32.1. The van der Waals surface area contributed by atoms with Crippen molar-refractivity contribution in [2.75, 3.05) is 12.4 Å². The lowest BCUT2D eigenvalue weighted by atomic mass is 10.1. The summed E-state index contributed by atoms with van der Waals surface area (Å²) >= 11 is 1.27. The van der Waals surface area contributed by atoms with E-state index in [0.717, 1.165) is 16.0 Å². The molecule has 1 fully saturated rings. The van der Waals surface area contributed by atoms with Crippen molar-refractivity contribution in [2.45, 2.75) is 19.0 Å². The lowest BCUT2D eigenvalue weighted by Gasteiger charge is -2.13. The van der Waals surface area contributed by atoms with Gasteiger partial charge in [0.25, 0.3) is 5.91 Å². The number of thiazole rings is 1. The minimum absolute atomic E-state index is 0.119. The smallest absolute Gasteiger partial charge is 0.325 e. The third-order valence-electron chi connectivity index (χ3n) is 4.70. The Hall–Kier alpha value is -3.79. The Morgan fingerprint density at radius 1 is 1.26 bits per heavy atom. The number of urea groups is 1. The molecule has 2 N–H and O–H groups in total. The first kappa shape index (κ1) is 20.5. The van der Waals surface area contributed by atoms with Gasteiger partial charge in [-0.1, -0.05) is 12.1 Å². The topological polar surface area (TPSA) is 114 Å². The number of pyridine rings is 1. The first-order valence-corrected chi connectivity index (χ1v) is 10.3. The van der Waals surface area contributed by atoms with E-state index in [2.05, 4.69) is 20.6 Å². The molecule has 3 aromatic rings. The standard InChI is InChI=1S/C21H19N5O4S/c1-30-15-6-4-13(5-7-15)11-26-19(28)16(24-21(26)29)9-18(27)25-20-23-17(12-31-20)14-3-2-8-22-10-14/h2-8,10,12,16H,9,11H2,1H3,(H,24,29)(H,23,25,27). The summed E-state index contributed by atoms with van der Waals surface area (Å²) in [4.78, 5) is 46.8. The number of aromatic nitrogens is 2. The number of ether oxygens (including phenoxy) is 1. The van der Waals surface area contributed by atoms with Crippen molar-refractivity contribution < 1.29 is 19.1 Å². The molecule has 1 aromatic carbocycles.